The first kappa shape index (κ1) is 18.0. The van der Waals surface area contributed by atoms with E-state index in [1.165, 1.54) is 38.2 Å². The fourth-order valence-electron chi connectivity index (χ4n) is 3.28. The number of hydrogen-bond donors (Lipinski definition) is 1. The van der Waals surface area contributed by atoms with E-state index in [0.717, 1.165) is 6.42 Å². The summed E-state index contributed by atoms with van der Waals surface area (Å²) in [6.07, 6.45) is 7.03. The lowest BCUT2D eigenvalue weighted by molar-refractivity contribution is 0.183. The van der Waals surface area contributed by atoms with Crippen molar-refractivity contribution in [2.45, 2.75) is 62.4 Å². The number of aliphatic hydroxyl groups excluding tert-OH is 1. The summed E-state index contributed by atoms with van der Waals surface area (Å²) in [5, 5.41) is 18.5. The molecule has 1 atom stereocenters. The molecule has 0 bridgehead atoms. The highest BCUT2D eigenvalue weighted by molar-refractivity contribution is 7.91. The zero-order valence-corrected chi connectivity index (χ0v) is 14.3. The molecule has 0 heterocycles. The molecule has 4 nitrogen and oxygen atoms in total. The Hall–Kier alpha value is -1.38. The van der Waals surface area contributed by atoms with Crippen molar-refractivity contribution in [1.82, 2.24) is 0 Å². The molecule has 1 aliphatic carbocycles. The summed E-state index contributed by atoms with van der Waals surface area (Å²) in [7, 11) is -3.33. The minimum absolute atomic E-state index is 0.0365. The van der Waals surface area contributed by atoms with E-state index in [1.807, 2.05) is 6.07 Å². The Kier molecular flexibility index (Phi) is 6.61. The first-order chi connectivity index (χ1) is 11.0. The number of nitrogens with zero attached hydrogens (tertiary/aromatic N) is 1. The zero-order chi connectivity index (χ0) is 16.7. The van der Waals surface area contributed by atoms with Crippen molar-refractivity contribution in [3.8, 4) is 6.07 Å². The highest BCUT2D eigenvalue weighted by atomic mass is 32.2. The van der Waals surface area contributed by atoms with Gasteiger partial charge in [-0.1, -0.05) is 44.2 Å². The Labute approximate surface area is 139 Å². The standard InChI is InChI=1S/C18H25NO3S/c19-12-11-18(20)16-9-4-10-17(14-16)23(21,22)13-5-8-15-6-2-1-3-7-15/h4,9-10,14-15,18,20H,1-3,5-8,11,13H2. The third-order valence-electron chi connectivity index (χ3n) is 4.64. The highest BCUT2D eigenvalue weighted by Gasteiger charge is 2.19. The molecule has 0 aliphatic heterocycles. The van der Waals surface area contributed by atoms with E-state index in [4.69, 9.17) is 5.26 Å². The second-order valence-corrected chi connectivity index (χ2v) is 8.52. The molecule has 126 valence electrons. The molecule has 0 spiro atoms. The van der Waals surface area contributed by atoms with Crippen LogP contribution < -0.4 is 0 Å². The molecule has 1 fully saturated rings. The van der Waals surface area contributed by atoms with Crippen LogP contribution >= 0.6 is 0 Å². The maximum absolute atomic E-state index is 12.5. The van der Waals surface area contributed by atoms with Crippen LogP contribution in [0.1, 0.15) is 63.0 Å². The average molecular weight is 335 g/mol. The van der Waals surface area contributed by atoms with Crippen LogP contribution in [0, 0.1) is 17.2 Å². The van der Waals surface area contributed by atoms with Crippen molar-refractivity contribution >= 4 is 9.84 Å². The molecule has 5 heteroatoms. The Morgan fingerprint density at radius 1 is 1.26 bits per heavy atom. The van der Waals surface area contributed by atoms with Gasteiger partial charge in [0.05, 0.1) is 29.2 Å². The monoisotopic (exact) mass is 335 g/mol. The second kappa shape index (κ2) is 8.47. The van der Waals surface area contributed by atoms with Crippen molar-refractivity contribution in [3.63, 3.8) is 0 Å². The number of sulfone groups is 1. The van der Waals surface area contributed by atoms with Crippen LogP contribution in [0.4, 0.5) is 0 Å². The lowest BCUT2D eigenvalue weighted by atomic mass is 9.86. The predicted molar refractivity (Wildman–Crippen MR) is 89.5 cm³/mol. The van der Waals surface area contributed by atoms with E-state index in [2.05, 4.69) is 0 Å². The van der Waals surface area contributed by atoms with E-state index >= 15 is 0 Å². The van der Waals surface area contributed by atoms with Crippen molar-refractivity contribution in [2.75, 3.05) is 5.75 Å². The fraction of sp³-hybridized carbons (Fsp3) is 0.611. The lowest BCUT2D eigenvalue weighted by Crippen LogP contribution is -2.11. The molecule has 1 aromatic rings. The Balaban J connectivity index is 1.96. The smallest absolute Gasteiger partial charge is 0.178 e. The van der Waals surface area contributed by atoms with Gasteiger partial charge in [0.2, 0.25) is 0 Å². The zero-order valence-electron chi connectivity index (χ0n) is 13.4. The molecular weight excluding hydrogens is 310 g/mol. The normalized spacial score (nSPS) is 17.6. The number of nitriles is 1. The molecule has 1 aliphatic rings. The van der Waals surface area contributed by atoms with Gasteiger partial charge in [0.15, 0.2) is 9.84 Å². The van der Waals surface area contributed by atoms with Crippen LogP contribution in [-0.4, -0.2) is 19.3 Å². The number of aliphatic hydroxyl groups is 1. The highest BCUT2D eigenvalue weighted by Crippen LogP contribution is 2.28. The summed E-state index contributed by atoms with van der Waals surface area (Å²) >= 11 is 0. The van der Waals surface area contributed by atoms with Gasteiger partial charge in [-0.2, -0.15) is 5.26 Å². The van der Waals surface area contributed by atoms with Crippen LogP contribution in [0.3, 0.4) is 0 Å². The summed E-state index contributed by atoms with van der Waals surface area (Å²) in [6.45, 7) is 0. The second-order valence-electron chi connectivity index (χ2n) is 6.42. The molecular formula is C18H25NO3S. The van der Waals surface area contributed by atoms with Gasteiger partial charge < -0.3 is 5.11 Å². The van der Waals surface area contributed by atoms with Crippen molar-refractivity contribution in [3.05, 3.63) is 29.8 Å². The van der Waals surface area contributed by atoms with E-state index in [9.17, 15) is 13.5 Å². The summed E-state index contributed by atoms with van der Waals surface area (Å²) in [5.74, 6) is 0.837. The molecule has 1 unspecified atom stereocenters. The number of rotatable bonds is 7. The topological polar surface area (TPSA) is 78.2 Å². The quantitative estimate of drug-likeness (QED) is 0.822. The summed E-state index contributed by atoms with van der Waals surface area (Å²) < 4.78 is 24.9. The van der Waals surface area contributed by atoms with E-state index < -0.39 is 15.9 Å². The maximum Gasteiger partial charge on any atom is 0.178 e. The Morgan fingerprint density at radius 3 is 2.70 bits per heavy atom. The number of hydrogen-bond acceptors (Lipinski definition) is 4. The summed E-state index contributed by atoms with van der Waals surface area (Å²) in [5.41, 5.74) is 0.486. The fourth-order valence-corrected chi connectivity index (χ4v) is 4.66. The Morgan fingerprint density at radius 2 is 2.00 bits per heavy atom. The van der Waals surface area contributed by atoms with E-state index in [0.29, 0.717) is 17.9 Å². The minimum Gasteiger partial charge on any atom is -0.387 e. The largest absolute Gasteiger partial charge is 0.387 e. The molecule has 0 radical (unpaired) electrons. The van der Waals surface area contributed by atoms with Crippen molar-refractivity contribution < 1.29 is 13.5 Å². The first-order valence-corrected chi connectivity index (χ1v) is 10.1. The molecule has 1 saturated carbocycles. The minimum atomic E-state index is -3.33. The predicted octanol–water partition coefficient (Wildman–Crippen LogP) is 3.77. The van der Waals surface area contributed by atoms with Crippen LogP contribution in [0.5, 0.6) is 0 Å². The lowest BCUT2D eigenvalue weighted by Gasteiger charge is -2.21. The molecule has 23 heavy (non-hydrogen) atoms. The summed E-state index contributed by atoms with van der Waals surface area (Å²) in [4.78, 5) is 0.246. The average Bonchev–Trinajstić information content (AvgIpc) is 2.56. The number of benzene rings is 1. The van der Waals surface area contributed by atoms with Gasteiger partial charge in [-0.15, -0.1) is 0 Å². The molecule has 0 saturated heterocycles. The van der Waals surface area contributed by atoms with Crippen LogP contribution in [0.15, 0.2) is 29.2 Å². The maximum atomic E-state index is 12.5. The van der Waals surface area contributed by atoms with E-state index in [1.54, 1.807) is 18.2 Å². The third-order valence-corrected chi connectivity index (χ3v) is 6.44. The van der Waals surface area contributed by atoms with Gasteiger partial charge in [0.1, 0.15) is 0 Å². The molecule has 1 aromatic carbocycles. The van der Waals surface area contributed by atoms with Gasteiger partial charge in [0, 0.05) is 0 Å². The molecule has 0 aromatic heterocycles. The van der Waals surface area contributed by atoms with Crippen LogP contribution in [0.25, 0.3) is 0 Å². The third kappa shape index (κ3) is 5.33. The van der Waals surface area contributed by atoms with Gasteiger partial charge in [-0.25, -0.2) is 8.42 Å². The van der Waals surface area contributed by atoms with Crippen LogP contribution in [-0.2, 0) is 9.84 Å². The van der Waals surface area contributed by atoms with Gasteiger partial charge in [-0.05, 0) is 36.5 Å². The van der Waals surface area contributed by atoms with Crippen molar-refractivity contribution in [1.29, 1.82) is 5.26 Å². The molecule has 2 rings (SSSR count). The molecule has 1 N–H and O–H groups in total. The van der Waals surface area contributed by atoms with Gasteiger partial charge >= 0.3 is 0 Å². The molecule has 0 amide bonds. The SMILES string of the molecule is N#CCC(O)c1cccc(S(=O)(=O)CCCC2CCCCC2)c1. The first-order valence-electron chi connectivity index (χ1n) is 8.40. The Bertz CT molecular complexity index is 642. The van der Waals surface area contributed by atoms with Crippen molar-refractivity contribution in [2.24, 2.45) is 5.92 Å². The van der Waals surface area contributed by atoms with Gasteiger partial charge in [-0.3, -0.25) is 0 Å². The van der Waals surface area contributed by atoms with Crippen LogP contribution in [0.2, 0.25) is 0 Å². The van der Waals surface area contributed by atoms with E-state index in [-0.39, 0.29) is 17.1 Å². The summed E-state index contributed by atoms with van der Waals surface area (Å²) in [6, 6.07) is 8.25. The van der Waals surface area contributed by atoms with Gasteiger partial charge in [0.25, 0.3) is 0 Å².